The summed E-state index contributed by atoms with van der Waals surface area (Å²) in [6.45, 7) is 3.99. The summed E-state index contributed by atoms with van der Waals surface area (Å²) < 4.78 is 2.10. The van der Waals surface area contributed by atoms with Gasteiger partial charge in [-0.2, -0.15) is 0 Å². The molecular formula is C24H27N5O. The van der Waals surface area contributed by atoms with Crippen LogP contribution in [0.15, 0.2) is 73.3 Å². The van der Waals surface area contributed by atoms with E-state index >= 15 is 0 Å². The van der Waals surface area contributed by atoms with E-state index in [1.54, 1.807) is 12.1 Å². The Hall–Kier alpha value is -3.25. The minimum Gasteiger partial charge on any atom is -0.508 e. The van der Waals surface area contributed by atoms with Gasteiger partial charge in [-0.3, -0.25) is 4.90 Å². The molecule has 0 amide bonds. The first-order valence-corrected chi connectivity index (χ1v) is 10.4. The minimum absolute atomic E-state index is 0.295. The quantitative estimate of drug-likeness (QED) is 0.708. The average molecular weight is 402 g/mol. The average Bonchev–Trinajstić information content (AvgIpc) is 3.51. The third-order valence-electron chi connectivity index (χ3n) is 6.16. The number of aryl methyl sites for hydroxylation is 1. The van der Waals surface area contributed by atoms with Gasteiger partial charge in [-0.15, -0.1) is 0 Å². The Bertz CT molecular complexity index is 1020. The smallest absolute Gasteiger partial charge is 0.122 e. The van der Waals surface area contributed by atoms with E-state index in [2.05, 4.69) is 68.0 Å². The first kappa shape index (κ1) is 18.8. The molecule has 3 heterocycles. The van der Waals surface area contributed by atoms with Gasteiger partial charge in [0, 0.05) is 56.7 Å². The fourth-order valence-electron chi connectivity index (χ4n) is 4.32. The molecule has 0 spiro atoms. The van der Waals surface area contributed by atoms with E-state index in [1.165, 1.54) is 12.1 Å². The van der Waals surface area contributed by atoms with Crippen LogP contribution in [0.4, 0.5) is 5.69 Å². The highest BCUT2D eigenvalue weighted by Gasteiger charge is 2.29. The van der Waals surface area contributed by atoms with Crippen molar-refractivity contribution in [3.8, 4) is 16.9 Å². The van der Waals surface area contributed by atoms with Gasteiger partial charge in [0.15, 0.2) is 0 Å². The van der Waals surface area contributed by atoms with Crippen molar-refractivity contribution < 1.29 is 5.11 Å². The molecule has 6 heteroatoms. The van der Waals surface area contributed by atoms with Gasteiger partial charge >= 0.3 is 0 Å². The Balaban J connectivity index is 1.19. The van der Waals surface area contributed by atoms with Gasteiger partial charge in [-0.1, -0.05) is 24.3 Å². The predicted molar refractivity (Wildman–Crippen MR) is 119 cm³/mol. The van der Waals surface area contributed by atoms with Crippen LogP contribution >= 0.6 is 0 Å². The summed E-state index contributed by atoms with van der Waals surface area (Å²) in [6.07, 6.45) is 9.47. The van der Waals surface area contributed by atoms with Crippen LogP contribution in [0, 0.1) is 0 Å². The lowest BCUT2D eigenvalue weighted by Gasteiger charge is -2.27. The number of aromatic hydroxyl groups is 1. The van der Waals surface area contributed by atoms with E-state index in [-0.39, 0.29) is 0 Å². The summed E-state index contributed by atoms with van der Waals surface area (Å²) in [4.78, 5) is 11.7. The van der Waals surface area contributed by atoms with Crippen molar-refractivity contribution in [3.63, 3.8) is 0 Å². The molecule has 0 radical (unpaired) electrons. The van der Waals surface area contributed by atoms with E-state index in [0.29, 0.717) is 11.8 Å². The second-order valence-electron chi connectivity index (χ2n) is 8.15. The fraction of sp³-hybridized carbons (Fsp3) is 0.292. The van der Waals surface area contributed by atoms with Crippen LogP contribution in [-0.4, -0.2) is 50.3 Å². The van der Waals surface area contributed by atoms with Crippen molar-refractivity contribution in [1.29, 1.82) is 0 Å². The van der Waals surface area contributed by atoms with Gasteiger partial charge in [0.25, 0.3) is 0 Å². The summed E-state index contributed by atoms with van der Waals surface area (Å²) in [6, 6.07) is 16.5. The van der Waals surface area contributed by atoms with Crippen LogP contribution in [-0.2, 0) is 13.6 Å². The molecule has 6 nitrogen and oxygen atoms in total. The van der Waals surface area contributed by atoms with E-state index in [4.69, 9.17) is 0 Å². The van der Waals surface area contributed by atoms with Crippen LogP contribution in [0.5, 0.6) is 5.75 Å². The molecule has 0 bridgehead atoms. The normalized spacial score (nSPS) is 19.2. The van der Waals surface area contributed by atoms with Gasteiger partial charge in [0.05, 0.1) is 13.2 Å². The number of nitrogens with zero attached hydrogens (tertiary/aromatic N) is 5. The first-order chi connectivity index (χ1) is 14.7. The lowest BCUT2D eigenvalue weighted by Crippen LogP contribution is -2.36. The molecule has 154 valence electrons. The predicted octanol–water partition coefficient (Wildman–Crippen LogP) is 3.62. The van der Waals surface area contributed by atoms with Crippen molar-refractivity contribution in [1.82, 2.24) is 19.4 Å². The molecule has 1 saturated heterocycles. The lowest BCUT2D eigenvalue weighted by molar-refractivity contribution is 0.261. The van der Waals surface area contributed by atoms with Gasteiger partial charge < -0.3 is 19.5 Å². The minimum atomic E-state index is 0.295. The Morgan fingerprint density at radius 2 is 1.73 bits per heavy atom. The number of likely N-dealkylation sites (tertiary alicyclic amines) is 1. The molecule has 0 unspecified atom stereocenters. The second-order valence-corrected chi connectivity index (χ2v) is 8.15. The number of hydrogen-bond donors (Lipinski definition) is 1. The summed E-state index contributed by atoms with van der Waals surface area (Å²) >= 11 is 0. The molecule has 2 aliphatic rings. The lowest BCUT2D eigenvalue weighted by atomic mass is 10.1. The summed E-state index contributed by atoms with van der Waals surface area (Å²) in [5, 5.41) is 9.47. The summed E-state index contributed by atoms with van der Waals surface area (Å²) in [5.41, 5.74) is 3.45. The van der Waals surface area contributed by atoms with Crippen molar-refractivity contribution in [2.45, 2.75) is 19.0 Å². The first-order valence-electron chi connectivity index (χ1n) is 10.4. The Morgan fingerprint density at radius 1 is 1.00 bits per heavy atom. The highest BCUT2D eigenvalue weighted by molar-refractivity contribution is 5.67. The molecule has 1 atom stereocenters. The standard InChI is InChI=1S/C24H27N5O/c1-26-13-11-25-24(26)17-27-12-10-22(16-27)29-15-14-28(18-29)21-6-2-19(3-7-21)20-4-8-23(30)9-5-20/h2-9,11,13-15,22,30H,10,12,16-18H2,1H3/t22-/m0/s1. The van der Waals surface area contributed by atoms with Gasteiger partial charge in [0.2, 0.25) is 0 Å². The number of aromatic nitrogens is 2. The van der Waals surface area contributed by atoms with Crippen LogP contribution in [0.1, 0.15) is 12.2 Å². The number of hydrogen-bond acceptors (Lipinski definition) is 5. The monoisotopic (exact) mass is 401 g/mol. The highest BCUT2D eigenvalue weighted by Crippen LogP contribution is 2.28. The van der Waals surface area contributed by atoms with Crippen LogP contribution in [0.2, 0.25) is 0 Å². The van der Waals surface area contributed by atoms with Crippen molar-refractivity contribution in [2.75, 3.05) is 24.7 Å². The molecule has 2 aliphatic heterocycles. The molecule has 0 saturated carbocycles. The van der Waals surface area contributed by atoms with Crippen LogP contribution in [0.25, 0.3) is 11.1 Å². The maximum absolute atomic E-state index is 9.47. The molecule has 1 aromatic heterocycles. The maximum atomic E-state index is 9.47. The van der Waals surface area contributed by atoms with E-state index < -0.39 is 0 Å². The van der Waals surface area contributed by atoms with Gasteiger partial charge in [-0.25, -0.2) is 4.98 Å². The van der Waals surface area contributed by atoms with Gasteiger partial charge in [-0.05, 0) is 41.8 Å². The van der Waals surface area contributed by atoms with Crippen molar-refractivity contribution in [3.05, 3.63) is 79.1 Å². The third-order valence-corrected chi connectivity index (χ3v) is 6.16. The molecular weight excluding hydrogens is 374 g/mol. The largest absolute Gasteiger partial charge is 0.508 e. The summed E-state index contributed by atoms with van der Waals surface area (Å²) in [7, 11) is 2.06. The van der Waals surface area contributed by atoms with Crippen molar-refractivity contribution in [2.24, 2.45) is 7.05 Å². The molecule has 0 aliphatic carbocycles. The highest BCUT2D eigenvalue weighted by atomic mass is 16.3. The molecule has 3 aromatic rings. The number of phenols is 1. The molecule has 5 rings (SSSR count). The molecule has 1 N–H and O–H groups in total. The molecule has 30 heavy (non-hydrogen) atoms. The summed E-state index contributed by atoms with van der Waals surface area (Å²) in [5.74, 6) is 1.42. The van der Waals surface area contributed by atoms with E-state index in [0.717, 1.165) is 43.3 Å². The van der Waals surface area contributed by atoms with Gasteiger partial charge in [0.1, 0.15) is 11.6 Å². The number of benzene rings is 2. The third kappa shape index (κ3) is 3.78. The number of imidazole rings is 1. The Kier molecular flexibility index (Phi) is 4.93. The van der Waals surface area contributed by atoms with E-state index in [1.807, 2.05) is 24.5 Å². The Morgan fingerprint density at radius 3 is 2.43 bits per heavy atom. The maximum Gasteiger partial charge on any atom is 0.122 e. The number of rotatable bonds is 5. The van der Waals surface area contributed by atoms with Crippen LogP contribution in [0.3, 0.4) is 0 Å². The SMILES string of the molecule is Cn1ccnc1CN1CC[C@H](N2C=CN(c3ccc(-c4ccc(O)cc4)cc3)C2)C1. The number of phenolic OH excluding ortho intramolecular Hbond substituents is 1. The Labute approximate surface area is 177 Å². The second kappa shape index (κ2) is 7.88. The van der Waals surface area contributed by atoms with Crippen molar-refractivity contribution >= 4 is 5.69 Å². The zero-order valence-electron chi connectivity index (χ0n) is 17.2. The zero-order valence-corrected chi connectivity index (χ0v) is 17.2. The molecule has 2 aromatic carbocycles. The van der Waals surface area contributed by atoms with E-state index in [9.17, 15) is 5.11 Å². The zero-order chi connectivity index (χ0) is 20.5. The molecule has 1 fully saturated rings. The fourth-order valence-corrected chi connectivity index (χ4v) is 4.32. The van der Waals surface area contributed by atoms with Crippen LogP contribution < -0.4 is 4.90 Å². The number of anilines is 1. The topological polar surface area (TPSA) is 47.8 Å².